The van der Waals surface area contributed by atoms with Gasteiger partial charge in [0.05, 0.1) is 17.5 Å². The van der Waals surface area contributed by atoms with Crippen LogP contribution in [0.15, 0.2) is 36.4 Å². The van der Waals surface area contributed by atoms with Gasteiger partial charge in [0.15, 0.2) is 0 Å². The Labute approximate surface area is 119 Å². The van der Waals surface area contributed by atoms with E-state index in [1.165, 1.54) is 0 Å². The zero-order valence-corrected chi connectivity index (χ0v) is 12.1. The summed E-state index contributed by atoms with van der Waals surface area (Å²) in [6.07, 6.45) is 1.86. The van der Waals surface area contributed by atoms with Crippen LogP contribution < -0.4 is 10.1 Å². The Balaban J connectivity index is 2.26. The van der Waals surface area contributed by atoms with E-state index in [9.17, 15) is 0 Å². The number of fused-ring (bicyclic) bond motifs is 1. The van der Waals surface area contributed by atoms with Crippen molar-refractivity contribution in [1.29, 1.82) is 0 Å². The van der Waals surface area contributed by atoms with E-state index >= 15 is 0 Å². The summed E-state index contributed by atoms with van der Waals surface area (Å²) in [6.45, 7) is 9.42. The van der Waals surface area contributed by atoms with Gasteiger partial charge in [-0.15, -0.1) is 6.58 Å². The molecule has 0 bridgehead atoms. The number of nitrogens with one attached hydrogen (secondary N) is 1. The van der Waals surface area contributed by atoms with E-state index < -0.39 is 0 Å². The second-order valence-electron chi connectivity index (χ2n) is 4.85. The Morgan fingerprint density at radius 2 is 2.10 bits per heavy atom. The van der Waals surface area contributed by atoms with Crippen LogP contribution in [-0.2, 0) is 0 Å². The molecule has 4 nitrogen and oxygen atoms in total. The van der Waals surface area contributed by atoms with Crippen molar-refractivity contribution in [2.24, 2.45) is 0 Å². The molecule has 0 fully saturated rings. The number of para-hydroxylation sites is 1. The minimum atomic E-state index is 0.587. The molecule has 4 heteroatoms. The van der Waals surface area contributed by atoms with Gasteiger partial charge in [-0.1, -0.05) is 24.6 Å². The van der Waals surface area contributed by atoms with Gasteiger partial charge in [-0.05, 0) is 25.5 Å². The SMILES string of the molecule is C=C(C)CCOc1nc(NCCC)nc2ccccc12. The van der Waals surface area contributed by atoms with Gasteiger partial charge in [0.1, 0.15) is 0 Å². The summed E-state index contributed by atoms with van der Waals surface area (Å²) < 4.78 is 5.80. The molecule has 0 atom stereocenters. The Bertz CT molecular complexity index is 595. The van der Waals surface area contributed by atoms with Crippen LogP contribution in [0.5, 0.6) is 5.88 Å². The Hall–Kier alpha value is -2.10. The van der Waals surface area contributed by atoms with Crippen molar-refractivity contribution >= 4 is 16.9 Å². The monoisotopic (exact) mass is 271 g/mol. The second-order valence-corrected chi connectivity index (χ2v) is 4.85. The van der Waals surface area contributed by atoms with Crippen molar-refractivity contribution in [3.63, 3.8) is 0 Å². The standard InChI is InChI=1S/C16H21N3O/c1-4-10-17-16-18-14-8-6-5-7-13(14)15(19-16)20-11-9-12(2)3/h5-8H,2,4,9-11H2,1,3H3,(H,17,18,19). The molecule has 0 saturated heterocycles. The first kappa shape index (κ1) is 14.3. The van der Waals surface area contributed by atoms with Gasteiger partial charge in [-0.3, -0.25) is 0 Å². The predicted molar refractivity (Wildman–Crippen MR) is 83.2 cm³/mol. The van der Waals surface area contributed by atoms with Gasteiger partial charge in [0.2, 0.25) is 11.8 Å². The first-order chi connectivity index (χ1) is 9.70. The third-order valence-electron chi connectivity index (χ3n) is 2.87. The fourth-order valence-corrected chi connectivity index (χ4v) is 1.80. The Kier molecular flexibility index (Phi) is 4.93. The fraction of sp³-hybridized carbons (Fsp3) is 0.375. The van der Waals surface area contributed by atoms with Crippen molar-refractivity contribution in [2.75, 3.05) is 18.5 Å². The van der Waals surface area contributed by atoms with Gasteiger partial charge < -0.3 is 10.1 Å². The van der Waals surface area contributed by atoms with Crippen molar-refractivity contribution in [3.05, 3.63) is 36.4 Å². The maximum Gasteiger partial charge on any atom is 0.226 e. The molecule has 0 radical (unpaired) electrons. The molecule has 0 saturated carbocycles. The molecule has 0 aliphatic rings. The van der Waals surface area contributed by atoms with Gasteiger partial charge in [0, 0.05) is 13.0 Å². The van der Waals surface area contributed by atoms with E-state index in [-0.39, 0.29) is 0 Å². The van der Waals surface area contributed by atoms with Gasteiger partial charge in [-0.25, -0.2) is 4.98 Å². The van der Waals surface area contributed by atoms with Crippen LogP contribution in [0.3, 0.4) is 0 Å². The maximum atomic E-state index is 5.80. The van der Waals surface area contributed by atoms with E-state index in [4.69, 9.17) is 4.74 Å². The molecule has 1 aromatic heterocycles. The molecule has 0 aliphatic heterocycles. The van der Waals surface area contributed by atoms with E-state index in [1.807, 2.05) is 31.2 Å². The van der Waals surface area contributed by atoms with Crippen molar-refractivity contribution in [2.45, 2.75) is 26.7 Å². The molecule has 0 aliphatic carbocycles. The van der Waals surface area contributed by atoms with E-state index in [1.54, 1.807) is 0 Å². The number of hydrogen-bond donors (Lipinski definition) is 1. The van der Waals surface area contributed by atoms with Crippen LogP contribution in [-0.4, -0.2) is 23.1 Å². The minimum Gasteiger partial charge on any atom is -0.477 e. The molecule has 1 heterocycles. The van der Waals surface area contributed by atoms with E-state index in [2.05, 4.69) is 28.8 Å². The second kappa shape index (κ2) is 6.89. The van der Waals surface area contributed by atoms with E-state index in [0.717, 1.165) is 35.9 Å². The molecule has 0 unspecified atom stereocenters. The smallest absolute Gasteiger partial charge is 0.226 e. The highest BCUT2D eigenvalue weighted by molar-refractivity contribution is 5.84. The number of rotatable bonds is 7. The van der Waals surface area contributed by atoms with Crippen LogP contribution in [0.2, 0.25) is 0 Å². The Morgan fingerprint density at radius 1 is 1.30 bits per heavy atom. The highest BCUT2D eigenvalue weighted by Crippen LogP contribution is 2.24. The van der Waals surface area contributed by atoms with E-state index in [0.29, 0.717) is 18.4 Å². The number of ether oxygens (including phenoxy) is 1. The molecular weight excluding hydrogens is 250 g/mol. The largest absolute Gasteiger partial charge is 0.477 e. The summed E-state index contributed by atoms with van der Waals surface area (Å²) in [4.78, 5) is 8.96. The average molecular weight is 271 g/mol. The molecule has 1 aromatic carbocycles. The number of benzene rings is 1. The molecule has 2 rings (SSSR count). The fourth-order valence-electron chi connectivity index (χ4n) is 1.80. The van der Waals surface area contributed by atoms with Crippen molar-refractivity contribution < 1.29 is 4.74 Å². The third kappa shape index (κ3) is 3.70. The summed E-state index contributed by atoms with van der Waals surface area (Å²) in [6, 6.07) is 7.89. The van der Waals surface area contributed by atoms with Crippen LogP contribution in [0.25, 0.3) is 10.9 Å². The molecule has 20 heavy (non-hydrogen) atoms. The first-order valence-electron chi connectivity index (χ1n) is 6.98. The molecule has 106 valence electrons. The quantitative estimate of drug-likeness (QED) is 0.778. The van der Waals surface area contributed by atoms with Gasteiger partial charge in [-0.2, -0.15) is 4.98 Å². The van der Waals surface area contributed by atoms with Crippen LogP contribution in [0, 0.1) is 0 Å². The predicted octanol–water partition coefficient (Wildman–Crippen LogP) is 3.80. The molecule has 0 spiro atoms. The van der Waals surface area contributed by atoms with Crippen LogP contribution in [0.4, 0.5) is 5.95 Å². The lowest BCUT2D eigenvalue weighted by Crippen LogP contribution is -2.07. The molecular formula is C16H21N3O. The van der Waals surface area contributed by atoms with Crippen LogP contribution in [0.1, 0.15) is 26.7 Å². The average Bonchev–Trinajstić information content (AvgIpc) is 2.44. The summed E-state index contributed by atoms with van der Waals surface area (Å²) in [5.74, 6) is 1.26. The minimum absolute atomic E-state index is 0.587. The zero-order valence-electron chi connectivity index (χ0n) is 12.1. The summed E-state index contributed by atoms with van der Waals surface area (Å²) in [5, 5.41) is 4.15. The molecule has 1 N–H and O–H groups in total. The lowest BCUT2D eigenvalue weighted by molar-refractivity contribution is 0.313. The topological polar surface area (TPSA) is 47.0 Å². The number of hydrogen-bond acceptors (Lipinski definition) is 4. The Morgan fingerprint density at radius 3 is 2.85 bits per heavy atom. The molecule has 0 amide bonds. The lowest BCUT2D eigenvalue weighted by atomic mass is 10.2. The summed E-state index contributed by atoms with van der Waals surface area (Å²) >= 11 is 0. The van der Waals surface area contributed by atoms with Gasteiger partial charge >= 0.3 is 0 Å². The highest BCUT2D eigenvalue weighted by Gasteiger charge is 2.08. The normalized spacial score (nSPS) is 10.5. The van der Waals surface area contributed by atoms with Gasteiger partial charge in [0.25, 0.3) is 0 Å². The summed E-state index contributed by atoms with van der Waals surface area (Å²) in [7, 11) is 0. The van der Waals surface area contributed by atoms with Crippen molar-refractivity contribution in [1.82, 2.24) is 9.97 Å². The van der Waals surface area contributed by atoms with Crippen molar-refractivity contribution in [3.8, 4) is 5.88 Å². The third-order valence-corrected chi connectivity index (χ3v) is 2.87. The summed E-state index contributed by atoms with van der Waals surface area (Å²) in [5.41, 5.74) is 2.00. The van der Waals surface area contributed by atoms with Crippen LogP contribution >= 0.6 is 0 Å². The highest BCUT2D eigenvalue weighted by atomic mass is 16.5. The number of nitrogens with zero attached hydrogens (tertiary/aromatic N) is 2. The number of anilines is 1. The zero-order chi connectivity index (χ0) is 14.4. The maximum absolute atomic E-state index is 5.80. The number of aromatic nitrogens is 2. The molecule has 2 aromatic rings. The first-order valence-corrected chi connectivity index (χ1v) is 6.98. The lowest BCUT2D eigenvalue weighted by Gasteiger charge is -2.10.